The third-order valence-electron chi connectivity index (χ3n) is 4.75. The SMILES string of the molecule is Cc1cccc(C(=O)N2CCN3C(=O)[C@@H](C(C)C)NC(=O)[C@H]3C2)c1. The highest BCUT2D eigenvalue weighted by Crippen LogP contribution is 2.21. The zero-order valence-electron chi connectivity index (χ0n) is 14.3. The van der Waals surface area contributed by atoms with Crippen molar-refractivity contribution >= 4 is 17.7 Å². The van der Waals surface area contributed by atoms with Crippen LogP contribution in [0.5, 0.6) is 0 Å². The van der Waals surface area contributed by atoms with Crippen LogP contribution in [0.2, 0.25) is 0 Å². The number of aryl methyl sites for hydroxylation is 1. The minimum absolute atomic E-state index is 0.0442. The van der Waals surface area contributed by atoms with E-state index in [9.17, 15) is 14.4 Å². The van der Waals surface area contributed by atoms with E-state index in [1.807, 2.05) is 39.0 Å². The molecule has 3 rings (SSSR count). The Morgan fingerprint density at radius 1 is 1.25 bits per heavy atom. The van der Waals surface area contributed by atoms with Gasteiger partial charge in [0.2, 0.25) is 11.8 Å². The summed E-state index contributed by atoms with van der Waals surface area (Å²) in [5.41, 5.74) is 1.64. The Kier molecular flexibility index (Phi) is 4.30. The van der Waals surface area contributed by atoms with E-state index in [4.69, 9.17) is 0 Å². The molecule has 6 heteroatoms. The van der Waals surface area contributed by atoms with E-state index in [0.29, 0.717) is 18.7 Å². The molecule has 24 heavy (non-hydrogen) atoms. The van der Waals surface area contributed by atoms with Crippen molar-refractivity contribution in [3.8, 4) is 0 Å². The fourth-order valence-corrected chi connectivity index (χ4v) is 3.36. The summed E-state index contributed by atoms with van der Waals surface area (Å²) in [5, 5.41) is 2.81. The minimum Gasteiger partial charge on any atom is -0.342 e. The summed E-state index contributed by atoms with van der Waals surface area (Å²) in [5.74, 6) is -0.258. The van der Waals surface area contributed by atoms with E-state index in [0.717, 1.165) is 5.56 Å². The quantitative estimate of drug-likeness (QED) is 0.873. The molecule has 1 aromatic rings. The fourth-order valence-electron chi connectivity index (χ4n) is 3.36. The van der Waals surface area contributed by atoms with E-state index in [-0.39, 0.29) is 30.2 Å². The van der Waals surface area contributed by atoms with Crippen molar-refractivity contribution < 1.29 is 14.4 Å². The van der Waals surface area contributed by atoms with Crippen LogP contribution in [0.3, 0.4) is 0 Å². The van der Waals surface area contributed by atoms with E-state index < -0.39 is 12.1 Å². The highest BCUT2D eigenvalue weighted by Gasteiger charge is 2.45. The molecule has 1 N–H and O–H groups in total. The molecule has 0 radical (unpaired) electrons. The standard InChI is InChI=1S/C18H23N3O3/c1-11(2)15-18(24)21-8-7-20(10-14(21)16(22)19-15)17(23)13-6-4-5-12(3)9-13/h4-6,9,11,14-15H,7-8,10H2,1-3H3,(H,19,22)/t14-,15-/m1/s1. The van der Waals surface area contributed by atoms with Gasteiger partial charge in [-0.15, -0.1) is 0 Å². The molecule has 0 bridgehead atoms. The van der Waals surface area contributed by atoms with E-state index in [1.54, 1.807) is 15.9 Å². The molecule has 128 valence electrons. The number of piperazine rings is 2. The molecule has 2 saturated heterocycles. The number of carbonyl (C=O) groups excluding carboxylic acids is 3. The number of benzene rings is 1. The maximum absolute atomic E-state index is 12.7. The predicted octanol–water partition coefficient (Wildman–Crippen LogP) is 0.802. The molecular formula is C18H23N3O3. The lowest BCUT2D eigenvalue weighted by molar-refractivity contribution is -0.153. The largest absolute Gasteiger partial charge is 0.342 e. The Balaban J connectivity index is 1.76. The van der Waals surface area contributed by atoms with Crippen molar-refractivity contribution in [3.05, 3.63) is 35.4 Å². The molecule has 0 aromatic heterocycles. The molecule has 0 saturated carbocycles. The molecule has 1 aromatic carbocycles. The maximum Gasteiger partial charge on any atom is 0.254 e. The van der Waals surface area contributed by atoms with Crippen molar-refractivity contribution in [2.45, 2.75) is 32.9 Å². The summed E-state index contributed by atoms with van der Waals surface area (Å²) < 4.78 is 0. The number of nitrogens with one attached hydrogen (secondary N) is 1. The lowest BCUT2D eigenvalue weighted by atomic mass is 9.96. The van der Waals surface area contributed by atoms with Gasteiger partial charge in [-0.1, -0.05) is 31.5 Å². The Labute approximate surface area is 141 Å². The number of rotatable bonds is 2. The van der Waals surface area contributed by atoms with Crippen LogP contribution in [0.15, 0.2) is 24.3 Å². The highest BCUT2D eigenvalue weighted by molar-refractivity contribution is 5.99. The zero-order valence-corrected chi connectivity index (χ0v) is 14.3. The van der Waals surface area contributed by atoms with Gasteiger partial charge in [0.05, 0.1) is 6.54 Å². The summed E-state index contributed by atoms with van der Waals surface area (Å²) >= 11 is 0. The lowest BCUT2D eigenvalue weighted by Crippen LogP contribution is -2.70. The van der Waals surface area contributed by atoms with Crippen molar-refractivity contribution in [3.63, 3.8) is 0 Å². The fraction of sp³-hybridized carbons (Fsp3) is 0.500. The van der Waals surface area contributed by atoms with Crippen LogP contribution in [0, 0.1) is 12.8 Å². The van der Waals surface area contributed by atoms with Gasteiger partial charge in [-0.05, 0) is 25.0 Å². The monoisotopic (exact) mass is 329 g/mol. The van der Waals surface area contributed by atoms with Gasteiger partial charge in [-0.3, -0.25) is 14.4 Å². The minimum atomic E-state index is -0.588. The van der Waals surface area contributed by atoms with Crippen molar-refractivity contribution in [2.75, 3.05) is 19.6 Å². The third-order valence-corrected chi connectivity index (χ3v) is 4.75. The van der Waals surface area contributed by atoms with Gasteiger partial charge >= 0.3 is 0 Å². The number of hydrogen-bond acceptors (Lipinski definition) is 3. The number of carbonyl (C=O) groups is 3. The van der Waals surface area contributed by atoms with Crippen LogP contribution < -0.4 is 5.32 Å². The second-order valence-corrected chi connectivity index (χ2v) is 6.90. The van der Waals surface area contributed by atoms with E-state index in [1.165, 1.54) is 0 Å². The first-order valence-electron chi connectivity index (χ1n) is 8.35. The molecule has 0 unspecified atom stereocenters. The Bertz CT molecular complexity index is 686. The molecule has 0 aliphatic carbocycles. The summed E-state index contributed by atoms with van der Waals surface area (Å²) in [6.45, 7) is 6.87. The van der Waals surface area contributed by atoms with Gasteiger partial charge in [0.1, 0.15) is 12.1 Å². The van der Waals surface area contributed by atoms with Crippen molar-refractivity contribution in [2.24, 2.45) is 5.92 Å². The topological polar surface area (TPSA) is 69.7 Å². The summed E-state index contributed by atoms with van der Waals surface area (Å²) in [4.78, 5) is 40.9. The molecule has 2 heterocycles. The predicted molar refractivity (Wildman–Crippen MR) is 89.4 cm³/mol. The van der Waals surface area contributed by atoms with Crippen LogP contribution in [-0.4, -0.2) is 59.2 Å². The number of hydrogen-bond donors (Lipinski definition) is 1. The normalized spacial score (nSPS) is 24.0. The number of fused-ring (bicyclic) bond motifs is 1. The molecule has 2 atom stereocenters. The van der Waals surface area contributed by atoms with Gasteiger partial charge in [0, 0.05) is 18.7 Å². The summed E-state index contributed by atoms with van der Waals surface area (Å²) in [6, 6.07) is 6.36. The average molecular weight is 329 g/mol. The van der Waals surface area contributed by atoms with Crippen LogP contribution in [0.4, 0.5) is 0 Å². The highest BCUT2D eigenvalue weighted by atomic mass is 16.2. The first kappa shape index (κ1) is 16.5. The van der Waals surface area contributed by atoms with Crippen LogP contribution in [-0.2, 0) is 9.59 Å². The maximum atomic E-state index is 12.7. The van der Waals surface area contributed by atoms with Crippen LogP contribution in [0.25, 0.3) is 0 Å². The first-order chi connectivity index (χ1) is 11.4. The average Bonchev–Trinajstić information content (AvgIpc) is 2.56. The van der Waals surface area contributed by atoms with E-state index >= 15 is 0 Å². The number of nitrogens with zero attached hydrogens (tertiary/aromatic N) is 2. The molecular weight excluding hydrogens is 306 g/mol. The Morgan fingerprint density at radius 3 is 2.67 bits per heavy atom. The molecule has 3 amide bonds. The Hall–Kier alpha value is -2.37. The molecule has 6 nitrogen and oxygen atoms in total. The van der Waals surface area contributed by atoms with Crippen LogP contribution >= 0.6 is 0 Å². The molecule has 2 fully saturated rings. The smallest absolute Gasteiger partial charge is 0.254 e. The Morgan fingerprint density at radius 2 is 2.00 bits per heavy atom. The second kappa shape index (κ2) is 6.26. The first-order valence-corrected chi connectivity index (χ1v) is 8.35. The lowest BCUT2D eigenvalue weighted by Gasteiger charge is -2.46. The van der Waals surface area contributed by atoms with Gasteiger partial charge in [0.15, 0.2) is 0 Å². The van der Waals surface area contributed by atoms with Crippen molar-refractivity contribution in [1.82, 2.24) is 15.1 Å². The van der Waals surface area contributed by atoms with Gasteiger partial charge in [0.25, 0.3) is 5.91 Å². The summed E-state index contributed by atoms with van der Waals surface area (Å²) in [6.07, 6.45) is 0. The van der Waals surface area contributed by atoms with E-state index in [2.05, 4.69) is 5.32 Å². The van der Waals surface area contributed by atoms with Crippen molar-refractivity contribution in [1.29, 1.82) is 0 Å². The van der Waals surface area contributed by atoms with Gasteiger partial charge < -0.3 is 15.1 Å². The second-order valence-electron chi connectivity index (χ2n) is 6.90. The third kappa shape index (κ3) is 2.88. The molecule has 2 aliphatic rings. The van der Waals surface area contributed by atoms with Gasteiger partial charge in [-0.2, -0.15) is 0 Å². The number of amides is 3. The molecule has 2 aliphatic heterocycles. The molecule has 0 spiro atoms. The van der Waals surface area contributed by atoms with Gasteiger partial charge in [-0.25, -0.2) is 0 Å². The zero-order chi connectivity index (χ0) is 17.4. The summed E-state index contributed by atoms with van der Waals surface area (Å²) in [7, 11) is 0. The van der Waals surface area contributed by atoms with Crippen LogP contribution in [0.1, 0.15) is 29.8 Å².